The van der Waals surface area contributed by atoms with Crippen molar-refractivity contribution in [2.75, 3.05) is 37.6 Å². The standard InChI is InChI=1S/C29H26Cl2N6/c30-22-10-12-23(13-11-22)37-27(24-8-4-5-9-25(24)31)34-26-28(32-20-33-29(26)37)36-18-16-35(17-19-36)15-14-21-6-2-1-3-7-21/h1-13,20H,14-19H2. The van der Waals surface area contributed by atoms with Crippen LogP contribution in [0.1, 0.15) is 5.56 Å². The molecule has 3 aromatic carbocycles. The van der Waals surface area contributed by atoms with Gasteiger partial charge in [-0.15, -0.1) is 0 Å². The molecular weight excluding hydrogens is 503 g/mol. The van der Waals surface area contributed by atoms with Crippen molar-refractivity contribution in [1.29, 1.82) is 0 Å². The second-order valence-corrected chi connectivity index (χ2v) is 10.0. The SMILES string of the molecule is Clc1ccc(-n2c(-c3ccccc3Cl)nc3c(N4CCN(CCc5ccccc5)CC4)ncnc32)cc1. The zero-order chi connectivity index (χ0) is 25.2. The van der Waals surface area contributed by atoms with Gasteiger partial charge in [-0.2, -0.15) is 0 Å². The third-order valence-corrected chi connectivity index (χ3v) is 7.44. The molecule has 0 bridgehead atoms. The summed E-state index contributed by atoms with van der Waals surface area (Å²) in [5, 5.41) is 1.31. The summed E-state index contributed by atoms with van der Waals surface area (Å²) in [4.78, 5) is 19.3. The van der Waals surface area contributed by atoms with E-state index in [4.69, 9.17) is 33.2 Å². The van der Waals surface area contributed by atoms with E-state index in [1.807, 2.05) is 53.1 Å². The Bertz CT molecular complexity index is 1510. The Kier molecular flexibility index (Phi) is 6.79. The van der Waals surface area contributed by atoms with Gasteiger partial charge in [0, 0.05) is 49.0 Å². The normalized spacial score (nSPS) is 14.4. The number of aromatic nitrogens is 4. The zero-order valence-corrected chi connectivity index (χ0v) is 21.8. The van der Waals surface area contributed by atoms with Crippen LogP contribution in [-0.2, 0) is 6.42 Å². The van der Waals surface area contributed by atoms with Crippen LogP contribution < -0.4 is 4.90 Å². The number of rotatable bonds is 6. The van der Waals surface area contributed by atoms with Gasteiger partial charge in [0.2, 0.25) is 0 Å². The number of nitrogens with zero attached hydrogens (tertiary/aromatic N) is 6. The fourth-order valence-electron chi connectivity index (χ4n) is 4.88. The van der Waals surface area contributed by atoms with Crippen LogP contribution in [0.5, 0.6) is 0 Å². The molecule has 0 atom stereocenters. The Morgan fingerprint density at radius 1 is 0.757 bits per heavy atom. The first kappa shape index (κ1) is 23.9. The summed E-state index contributed by atoms with van der Waals surface area (Å²) in [7, 11) is 0. The molecule has 0 amide bonds. The highest BCUT2D eigenvalue weighted by molar-refractivity contribution is 6.33. The molecule has 1 aliphatic heterocycles. The van der Waals surface area contributed by atoms with Crippen LogP contribution in [0.2, 0.25) is 10.0 Å². The molecule has 1 saturated heterocycles. The molecule has 37 heavy (non-hydrogen) atoms. The summed E-state index contributed by atoms with van der Waals surface area (Å²) in [5.41, 5.74) is 4.65. The van der Waals surface area contributed by atoms with Crippen LogP contribution >= 0.6 is 23.2 Å². The van der Waals surface area contributed by atoms with E-state index in [0.29, 0.717) is 10.0 Å². The summed E-state index contributed by atoms with van der Waals surface area (Å²) < 4.78 is 2.04. The van der Waals surface area contributed by atoms with Crippen LogP contribution in [0.4, 0.5) is 5.82 Å². The summed E-state index contributed by atoms with van der Waals surface area (Å²) >= 11 is 12.8. The van der Waals surface area contributed by atoms with Crippen LogP contribution in [0, 0.1) is 0 Å². The Balaban J connectivity index is 1.33. The van der Waals surface area contributed by atoms with Gasteiger partial charge in [0.15, 0.2) is 17.0 Å². The maximum absolute atomic E-state index is 6.62. The smallest absolute Gasteiger partial charge is 0.170 e. The van der Waals surface area contributed by atoms with Crippen molar-refractivity contribution in [3.8, 4) is 17.1 Å². The molecule has 6 rings (SSSR count). The van der Waals surface area contributed by atoms with Crippen molar-refractivity contribution in [3.05, 3.63) is 101 Å². The van der Waals surface area contributed by atoms with Gasteiger partial charge in [-0.05, 0) is 48.4 Å². The molecule has 2 aromatic heterocycles. The van der Waals surface area contributed by atoms with E-state index in [-0.39, 0.29) is 0 Å². The molecule has 8 heteroatoms. The second-order valence-electron chi connectivity index (χ2n) is 9.16. The first-order valence-electron chi connectivity index (χ1n) is 12.4. The van der Waals surface area contributed by atoms with Crippen molar-refractivity contribution in [1.82, 2.24) is 24.4 Å². The van der Waals surface area contributed by atoms with Gasteiger partial charge in [-0.25, -0.2) is 15.0 Å². The summed E-state index contributed by atoms with van der Waals surface area (Å²) in [6.07, 6.45) is 2.69. The number of anilines is 1. The molecule has 0 aliphatic carbocycles. The quantitative estimate of drug-likeness (QED) is 0.264. The minimum Gasteiger partial charge on any atom is -0.352 e. The molecule has 1 fully saturated rings. The van der Waals surface area contributed by atoms with Gasteiger partial charge in [0.25, 0.3) is 0 Å². The van der Waals surface area contributed by atoms with Gasteiger partial charge in [0.05, 0.1) is 5.02 Å². The maximum Gasteiger partial charge on any atom is 0.170 e. The van der Waals surface area contributed by atoms with E-state index in [2.05, 4.69) is 45.1 Å². The molecule has 0 N–H and O–H groups in total. The van der Waals surface area contributed by atoms with Crippen LogP contribution in [0.3, 0.4) is 0 Å². The predicted octanol–water partition coefficient (Wildman–Crippen LogP) is 6.15. The summed E-state index contributed by atoms with van der Waals surface area (Å²) in [6.45, 7) is 4.78. The molecule has 5 aromatic rings. The van der Waals surface area contributed by atoms with Gasteiger partial charge in [0.1, 0.15) is 12.2 Å². The fraction of sp³-hybridized carbons (Fsp3) is 0.207. The lowest BCUT2D eigenvalue weighted by atomic mass is 10.1. The highest BCUT2D eigenvalue weighted by atomic mass is 35.5. The third-order valence-electron chi connectivity index (χ3n) is 6.86. The van der Waals surface area contributed by atoms with Crippen molar-refractivity contribution >= 4 is 40.2 Å². The van der Waals surface area contributed by atoms with Gasteiger partial charge >= 0.3 is 0 Å². The first-order chi connectivity index (χ1) is 18.2. The minimum absolute atomic E-state index is 0.634. The van der Waals surface area contributed by atoms with E-state index in [0.717, 1.165) is 73.2 Å². The van der Waals surface area contributed by atoms with E-state index in [1.54, 1.807) is 6.33 Å². The minimum atomic E-state index is 0.634. The Labute approximate surface area is 226 Å². The molecule has 3 heterocycles. The number of piperazine rings is 1. The average molecular weight is 529 g/mol. The van der Waals surface area contributed by atoms with Gasteiger partial charge in [-0.1, -0.05) is 65.7 Å². The lowest BCUT2D eigenvalue weighted by molar-refractivity contribution is 0.260. The molecule has 186 valence electrons. The van der Waals surface area contributed by atoms with E-state index >= 15 is 0 Å². The average Bonchev–Trinajstić information content (AvgIpc) is 3.33. The van der Waals surface area contributed by atoms with E-state index < -0.39 is 0 Å². The highest BCUT2D eigenvalue weighted by Gasteiger charge is 2.25. The lowest BCUT2D eigenvalue weighted by Crippen LogP contribution is -2.47. The van der Waals surface area contributed by atoms with Gasteiger partial charge < -0.3 is 4.90 Å². The maximum atomic E-state index is 6.62. The monoisotopic (exact) mass is 528 g/mol. The molecule has 0 spiro atoms. The largest absolute Gasteiger partial charge is 0.352 e. The van der Waals surface area contributed by atoms with Crippen LogP contribution in [0.25, 0.3) is 28.2 Å². The number of halogens is 2. The van der Waals surface area contributed by atoms with Gasteiger partial charge in [-0.3, -0.25) is 9.47 Å². The fourth-order valence-corrected chi connectivity index (χ4v) is 5.23. The number of imidazole rings is 1. The third kappa shape index (κ3) is 4.92. The Hall–Kier alpha value is -3.45. The molecule has 0 unspecified atom stereocenters. The molecule has 0 saturated carbocycles. The summed E-state index contributed by atoms with van der Waals surface area (Å²) in [6, 6.07) is 26.1. The van der Waals surface area contributed by atoms with E-state index in [1.165, 1.54) is 5.56 Å². The number of benzene rings is 3. The van der Waals surface area contributed by atoms with Crippen LogP contribution in [-0.4, -0.2) is 57.1 Å². The first-order valence-corrected chi connectivity index (χ1v) is 13.2. The zero-order valence-electron chi connectivity index (χ0n) is 20.3. The highest BCUT2D eigenvalue weighted by Crippen LogP contribution is 2.35. The topological polar surface area (TPSA) is 50.1 Å². The second kappa shape index (κ2) is 10.5. The number of hydrogen-bond donors (Lipinski definition) is 0. The predicted molar refractivity (Wildman–Crippen MR) is 151 cm³/mol. The number of fused-ring (bicyclic) bond motifs is 1. The van der Waals surface area contributed by atoms with Crippen molar-refractivity contribution in [2.45, 2.75) is 6.42 Å². The Morgan fingerprint density at radius 3 is 2.24 bits per heavy atom. The Morgan fingerprint density at radius 2 is 1.49 bits per heavy atom. The molecular formula is C29H26Cl2N6. The van der Waals surface area contributed by atoms with Crippen molar-refractivity contribution < 1.29 is 0 Å². The van der Waals surface area contributed by atoms with Crippen LogP contribution in [0.15, 0.2) is 85.2 Å². The number of hydrogen-bond acceptors (Lipinski definition) is 5. The molecule has 6 nitrogen and oxygen atoms in total. The lowest BCUT2D eigenvalue weighted by Gasteiger charge is -2.35. The van der Waals surface area contributed by atoms with Crippen molar-refractivity contribution in [2.24, 2.45) is 0 Å². The van der Waals surface area contributed by atoms with E-state index in [9.17, 15) is 0 Å². The summed E-state index contributed by atoms with van der Waals surface area (Å²) in [5.74, 6) is 1.58. The van der Waals surface area contributed by atoms with Crippen molar-refractivity contribution in [3.63, 3.8) is 0 Å². The molecule has 1 aliphatic rings. The molecule has 0 radical (unpaired) electrons.